The number of ether oxygens (including phenoxy) is 1. The zero-order valence-electron chi connectivity index (χ0n) is 16.4. The summed E-state index contributed by atoms with van der Waals surface area (Å²) in [6.07, 6.45) is 1.74. The highest BCUT2D eigenvalue weighted by Gasteiger charge is 2.33. The highest BCUT2D eigenvalue weighted by molar-refractivity contribution is 7.89. The summed E-state index contributed by atoms with van der Waals surface area (Å²) in [5.74, 6) is 0. The Hall–Kier alpha value is -1.60. The van der Waals surface area contributed by atoms with Gasteiger partial charge < -0.3 is 9.64 Å². The first kappa shape index (κ1) is 20.7. The van der Waals surface area contributed by atoms with Gasteiger partial charge in [-0.25, -0.2) is 13.2 Å². The number of hydrogen-bond donors (Lipinski definition) is 0. The van der Waals surface area contributed by atoms with E-state index >= 15 is 0 Å². The maximum atomic E-state index is 12.9. The second kappa shape index (κ2) is 7.96. The molecular formula is C19H30N2O4S. The lowest BCUT2D eigenvalue weighted by atomic mass is 10.1. The number of carbonyl (C=O) groups is 1. The van der Waals surface area contributed by atoms with Crippen LogP contribution in [0.15, 0.2) is 29.2 Å². The Labute approximate surface area is 157 Å². The Kier molecular flexibility index (Phi) is 6.34. The van der Waals surface area contributed by atoms with E-state index < -0.39 is 15.6 Å². The van der Waals surface area contributed by atoms with Crippen molar-refractivity contribution in [2.45, 2.75) is 63.5 Å². The van der Waals surface area contributed by atoms with Gasteiger partial charge in [0.2, 0.25) is 10.0 Å². The molecular weight excluding hydrogens is 352 g/mol. The van der Waals surface area contributed by atoms with Crippen LogP contribution in [-0.4, -0.2) is 55.5 Å². The molecule has 146 valence electrons. The first-order valence-corrected chi connectivity index (χ1v) is 10.5. The third kappa shape index (κ3) is 4.98. The summed E-state index contributed by atoms with van der Waals surface area (Å²) in [6, 6.07) is 6.92. The Morgan fingerprint density at radius 2 is 1.73 bits per heavy atom. The van der Waals surface area contributed by atoms with Gasteiger partial charge in [0.05, 0.1) is 4.90 Å². The summed E-state index contributed by atoms with van der Waals surface area (Å²) in [4.78, 5) is 14.1. The van der Waals surface area contributed by atoms with Crippen LogP contribution in [0.2, 0.25) is 0 Å². The van der Waals surface area contributed by atoms with Gasteiger partial charge in [0.1, 0.15) is 5.60 Å². The van der Waals surface area contributed by atoms with E-state index in [2.05, 4.69) is 0 Å². The third-order valence-electron chi connectivity index (χ3n) is 4.64. The first-order valence-electron chi connectivity index (χ1n) is 9.09. The molecule has 1 heterocycles. The fraction of sp³-hybridized carbons (Fsp3) is 0.632. The van der Waals surface area contributed by atoms with Gasteiger partial charge in [-0.15, -0.1) is 0 Å². The SMILES string of the molecule is CCc1ccc(S(=O)(=O)N(C)C2CCN(C(=O)OC(C)(C)C)CC2)cc1. The van der Waals surface area contributed by atoms with E-state index in [-0.39, 0.29) is 12.1 Å². The lowest BCUT2D eigenvalue weighted by molar-refractivity contribution is 0.0183. The number of nitrogens with zero attached hydrogens (tertiary/aromatic N) is 2. The van der Waals surface area contributed by atoms with Gasteiger partial charge >= 0.3 is 6.09 Å². The number of piperidine rings is 1. The largest absolute Gasteiger partial charge is 0.444 e. The van der Waals surface area contributed by atoms with Crippen molar-refractivity contribution in [1.29, 1.82) is 0 Å². The van der Waals surface area contributed by atoms with Crippen molar-refractivity contribution in [3.05, 3.63) is 29.8 Å². The van der Waals surface area contributed by atoms with E-state index in [1.54, 1.807) is 24.1 Å². The molecule has 0 aromatic heterocycles. The fourth-order valence-electron chi connectivity index (χ4n) is 3.00. The van der Waals surface area contributed by atoms with Gasteiger partial charge in [0.25, 0.3) is 0 Å². The highest BCUT2D eigenvalue weighted by Crippen LogP contribution is 2.24. The monoisotopic (exact) mass is 382 g/mol. The molecule has 1 aromatic rings. The third-order valence-corrected chi connectivity index (χ3v) is 6.56. The van der Waals surface area contributed by atoms with E-state index in [4.69, 9.17) is 4.74 Å². The van der Waals surface area contributed by atoms with Crippen LogP contribution in [0.4, 0.5) is 4.79 Å². The second-order valence-corrected chi connectivity index (χ2v) is 9.71. The molecule has 0 N–H and O–H groups in total. The molecule has 0 saturated carbocycles. The molecule has 26 heavy (non-hydrogen) atoms. The van der Waals surface area contributed by atoms with Crippen LogP contribution in [0.5, 0.6) is 0 Å². The van der Waals surface area contributed by atoms with E-state index in [9.17, 15) is 13.2 Å². The average molecular weight is 383 g/mol. The normalized spacial score (nSPS) is 16.8. The standard InChI is InChI=1S/C19H30N2O4S/c1-6-15-7-9-17(10-8-15)26(23,24)20(5)16-11-13-21(14-12-16)18(22)25-19(2,3)4/h7-10,16H,6,11-14H2,1-5H3. The van der Waals surface area contributed by atoms with Crippen molar-refractivity contribution in [2.24, 2.45) is 0 Å². The van der Waals surface area contributed by atoms with Gasteiger partial charge in [-0.05, 0) is 57.7 Å². The zero-order chi connectivity index (χ0) is 19.5. The average Bonchev–Trinajstić information content (AvgIpc) is 2.59. The Morgan fingerprint density at radius 3 is 2.19 bits per heavy atom. The number of aryl methyl sites for hydroxylation is 1. The Morgan fingerprint density at radius 1 is 1.19 bits per heavy atom. The van der Waals surface area contributed by atoms with Crippen LogP contribution in [0.25, 0.3) is 0 Å². The number of benzene rings is 1. The van der Waals surface area contributed by atoms with Gasteiger partial charge in [0.15, 0.2) is 0 Å². The van der Waals surface area contributed by atoms with Crippen LogP contribution in [-0.2, 0) is 21.2 Å². The molecule has 0 unspecified atom stereocenters. The lowest BCUT2D eigenvalue weighted by Gasteiger charge is -2.36. The van der Waals surface area contributed by atoms with Crippen LogP contribution >= 0.6 is 0 Å². The highest BCUT2D eigenvalue weighted by atomic mass is 32.2. The number of amides is 1. The van der Waals surface area contributed by atoms with Crippen molar-refractivity contribution in [3.63, 3.8) is 0 Å². The summed E-state index contributed by atoms with van der Waals surface area (Å²) in [5, 5.41) is 0. The molecule has 0 aliphatic carbocycles. The summed E-state index contributed by atoms with van der Waals surface area (Å²) < 4.78 is 32.5. The van der Waals surface area contributed by atoms with Crippen LogP contribution < -0.4 is 0 Å². The van der Waals surface area contributed by atoms with E-state index in [0.29, 0.717) is 30.8 Å². The van der Waals surface area contributed by atoms with Crippen LogP contribution in [0, 0.1) is 0 Å². The molecule has 1 aliphatic rings. The molecule has 1 amide bonds. The number of sulfonamides is 1. The summed E-state index contributed by atoms with van der Waals surface area (Å²) in [6.45, 7) is 8.53. The predicted molar refractivity (Wildman–Crippen MR) is 102 cm³/mol. The van der Waals surface area contributed by atoms with Crippen molar-refractivity contribution >= 4 is 16.1 Å². The van der Waals surface area contributed by atoms with Crippen LogP contribution in [0.1, 0.15) is 46.1 Å². The molecule has 0 bridgehead atoms. The molecule has 7 heteroatoms. The van der Waals surface area contributed by atoms with Gasteiger partial charge in [-0.3, -0.25) is 0 Å². The number of hydrogen-bond acceptors (Lipinski definition) is 4. The molecule has 0 atom stereocenters. The van der Waals surface area contributed by atoms with Gasteiger partial charge in [0, 0.05) is 26.2 Å². The topological polar surface area (TPSA) is 66.9 Å². The van der Waals surface area contributed by atoms with E-state index in [0.717, 1.165) is 12.0 Å². The summed E-state index contributed by atoms with van der Waals surface area (Å²) >= 11 is 0. The molecule has 1 aromatic carbocycles. The van der Waals surface area contributed by atoms with Crippen molar-refractivity contribution < 1.29 is 17.9 Å². The van der Waals surface area contributed by atoms with Gasteiger partial charge in [-0.1, -0.05) is 19.1 Å². The van der Waals surface area contributed by atoms with E-state index in [1.165, 1.54) is 4.31 Å². The minimum Gasteiger partial charge on any atom is -0.444 e. The molecule has 6 nitrogen and oxygen atoms in total. The number of likely N-dealkylation sites (tertiary alicyclic amines) is 1. The van der Waals surface area contributed by atoms with Crippen molar-refractivity contribution in [1.82, 2.24) is 9.21 Å². The maximum Gasteiger partial charge on any atom is 0.410 e. The molecule has 2 rings (SSSR count). The van der Waals surface area contributed by atoms with Crippen LogP contribution in [0.3, 0.4) is 0 Å². The maximum absolute atomic E-state index is 12.9. The van der Waals surface area contributed by atoms with Crippen molar-refractivity contribution in [2.75, 3.05) is 20.1 Å². The second-order valence-electron chi connectivity index (χ2n) is 7.72. The molecule has 1 fully saturated rings. The zero-order valence-corrected chi connectivity index (χ0v) is 17.2. The molecule has 1 saturated heterocycles. The fourth-order valence-corrected chi connectivity index (χ4v) is 4.41. The Balaban J connectivity index is 2.00. The molecule has 0 radical (unpaired) electrons. The Bertz CT molecular complexity index is 715. The minimum absolute atomic E-state index is 0.121. The molecule has 0 spiro atoms. The predicted octanol–water partition coefficient (Wildman–Crippen LogP) is 3.27. The summed E-state index contributed by atoms with van der Waals surface area (Å²) in [7, 11) is -1.91. The quantitative estimate of drug-likeness (QED) is 0.802. The van der Waals surface area contributed by atoms with Gasteiger partial charge in [-0.2, -0.15) is 4.31 Å². The van der Waals surface area contributed by atoms with E-state index in [1.807, 2.05) is 39.8 Å². The number of rotatable bonds is 4. The summed E-state index contributed by atoms with van der Waals surface area (Å²) in [5.41, 5.74) is 0.580. The van der Waals surface area contributed by atoms with Crippen molar-refractivity contribution in [3.8, 4) is 0 Å². The first-order chi connectivity index (χ1) is 12.0. The smallest absolute Gasteiger partial charge is 0.410 e. The number of carbonyl (C=O) groups excluding carboxylic acids is 1. The lowest BCUT2D eigenvalue weighted by Crippen LogP contribution is -2.48. The molecule has 1 aliphatic heterocycles. The minimum atomic E-state index is -3.53.